The van der Waals surface area contributed by atoms with Gasteiger partial charge in [-0.1, -0.05) is 25.1 Å². The highest BCUT2D eigenvalue weighted by atomic mass is 32.2. The third-order valence-electron chi connectivity index (χ3n) is 3.87. The molecule has 0 atom stereocenters. The standard InChI is InChI=1S/C17H24N2O2S/c1-2-10-18-17(21)14-8-11-19(12-9-14)16(20)13-22-15-6-4-3-5-7-15/h3-7,14H,2,8-13H2,1H3,(H,18,21). The summed E-state index contributed by atoms with van der Waals surface area (Å²) >= 11 is 1.57. The summed E-state index contributed by atoms with van der Waals surface area (Å²) in [5.41, 5.74) is 0. The number of amides is 2. The highest BCUT2D eigenvalue weighted by Gasteiger charge is 2.26. The molecule has 0 bridgehead atoms. The molecule has 5 heteroatoms. The van der Waals surface area contributed by atoms with E-state index < -0.39 is 0 Å². The Morgan fingerprint density at radius 2 is 1.91 bits per heavy atom. The van der Waals surface area contributed by atoms with Crippen LogP contribution in [0, 0.1) is 5.92 Å². The van der Waals surface area contributed by atoms with Gasteiger partial charge in [0.25, 0.3) is 0 Å². The number of hydrogen-bond acceptors (Lipinski definition) is 3. The molecule has 4 nitrogen and oxygen atoms in total. The van der Waals surface area contributed by atoms with Gasteiger partial charge in [0, 0.05) is 30.4 Å². The monoisotopic (exact) mass is 320 g/mol. The second-order valence-corrected chi connectivity index (χ2v) is 6.60. The Bertz CT molecular complexity index is 485. The van der Waals surface area contributed by atoms with Crippen LogP contribution in [0.1, 0.15) is 26.2 Å². The number of carbonyl (C=O) groups is 2. The van der Waals surface area contributed by atoms with Crippen molar-refractivity contribution in [3.63, 3.8) is 0 Å². The lowest BCUT2D eigenvalue weighted by Crippen LogP contribution is -2.43. The van der Waals surface area contributed by atoms with Crippen molar-refractivity contribution in [2.75, 3.05) is 25.4 Å². The predicted molar refractivity (Wildman–Crippen MR) is 89.8 cm³/mol. The van der Waals surface area contributed by atoms with Crippen molar-refractivity contribution < 1.29 is 9.59 Å². The zero-order valence-electron chi connectivity index (χ0n) is 13.1. The summed E-state index contributed by atoms with van der Waals surface area (Å²) < 4.78 is 0. The molecule has 0 aliphatic carbocycles. The lowest BCUT2D eigenvalue weighted by molar-refractivity contribution is -0.133. The Kier molecular flexibility index (Phi) is 6.77. The molecular formula is C17H24N2O2S. The van der Waals surface area contributed by atoms with Crippen LogP contribution in [0.15, 0.2) is 35.2 Å². The number of rotatable bonds is 6. The Morgan fingerprint density at radius 3 is 2.55 bits per heavy atom. The van der Waals surface area contributed by atoms with Gasteiger partial charge in [-0.3, -0.25) is 9.59 Å². The van der Waals surface area contributed by atoms with Gasteiger partial charge < -0.3 is 10.2 Å². The molecule has 1 heterocycles. The Morgan fingerprint density at radius 1 is 1.23 bits per heavy atom. The molecule has 2 amide bonds. The summed E-state index contributed by atoms with van der Waals surface area (Å²) in [7, 11) is 0. The molecule has 1 aliphatic rings. The molecule has 0 saturated carbocycles. The Balaban J connectivity index is 1.72. The molecule has 0 spiro atoms. The molecule has 1 aliphatic heterocycles. The van der Waals surface area contributed by atoms with Crippen LogP contribution in [0.3, 0.4) is 0 Å². The van der Waals surface area contributed by atoms with Crippen LogP contribution in [0.2, 0.25) is 0 Å². The summed E-state index contributed by atoms with van der Waals surface area (Å²) in [6, 6.07) is 9.96. The van der Waals surface area contributed by atoms with Crippen molar-refractivity contribution in [1.29, 1.82) is 0 Å². The van der Waals surface area contributed by atoms with Crippen molar-refractivity contribution >= 4 is 23.6 Å². The van der Waals surface area contributed by atoms with E-state index in [0.717, 1.165) is 30.7 Å². The van der Waals surface area contributed by atoms with Crippen LogP contribution < -0.4 is 5.32 Å². The molecule has 0 aromatic heterocycles. The molecule has 1 aromatic carbocycles. The number of nitrogens with zero attached hydrogens (tertiary/aromatic N) is 1. The minimum atomic E-state index is 0.0670. The van der Waals surface area contributed by atoms with Gasteiger partial charge in [-0.2, -0.15) is 0 Å². The number of likely N-dealkylation sites (tertiary alicyclic amines) is 1. The Labute approximate surface area is 136 Å². The van der Waals surface area contributed by atoms with Gasteiger partial charge in [0.15, 0.2) is 0 Å². The molecule has 0 unspecified atom stereocenters. The third kappa shape index (κ3) is 5.05. The van der Waals surface area contributed by atoms with Crippen LogP contribution in [0.4, 0.5) is 0 Å². The normalized spacial score (nSPS) is 15.6. The third-order valence-corrected chi connectivity index (χ3v) is 4.87. The van der Waals surface area contributed by atoms with Crippen LogP contribution in [-0.4, -0.2) is 42.1 Å². The molecule has 0 radical (unpaired) electrons. The fourth-order valence-electron chi connectivity index (χ4n) is 2.54. The highest BCUT2D eigenvalue weighted by molar-refractivity contribution is 8.00. The van der Waals surface area contributed by atoms with Gasteiger partial charge in [-0.05, 0) is 31.4 Å². The zero-order valence-corrected chi connectivity index (χ0v) is 13.9. The maximum Gasteiger partial charge on any atom is 0.232 e. The summed E-state index contributed by atoms with van der Waals surface area (Å²) in [4.78, 5) is 27.2. The number of piperidine rings is 1. The topological polar surface area (TPSA) is 49.4 Å². The Hall–Kier alpha value is -1.49. The summed E-state index contributed by atoms with van der Waals surface area (Å²) in [6.07, 6.45) is 2.51. The van der Waals surface area contributed by atoms with Crippen LogP contribution in [0.25, 0.3) is 0 Å². The second kappa shape index (κ2) is 8.83. The van der Waals surface area contributed by atoms with Gasteiger partial charge in [0.1, 0.15) is 0 Å². The van der Waals surface area contributed by atoms with E-state index in [-0.39, 0.29) is 17.7 Å². The van der Waals surface area contributed by atoms with Gasteiger partial charge in [-0.25, -0.2) is 0 Å². The second-order valence-electron chi connectivity index (χ2n) is 5.55. The molecule has 22 heavy (non-hydrogen) atoms. The molecule has 1 N–H and O–H groups in total. The quantitative estimate of drug-likeness (QED) is 0.820. The predicted octanol–water partition coefficient (Wildman–Crippen LogP) is 2.54. The maximum absolute atomic E-state index is 12.2. The number of carbonyl (C=O) groups excluding carboxylic acids is 2. The minimum absolute atomic E-state index is 0.0670. The SMILES string of the molecule is CCCNC(=O)C1CCN(C(=O)CSc2ccccc2)CC1. The number of nitrogens with one attached hydrogen (secondary N) is 1. The first-order chi connectivity index (χ1) is 10.7. The van der Waals surface area contributed by atoms with Gasteiger partial charge in [0.2, 0.25) is 11.8 Å². The summed E-state index contributed by atoms with van der Waals surface area (Å²) in [5.74, 6) is 0.850. The lowest BCUT2D eigenvalue weighted by atomic mass is 9.96. The summed E-state index contributed by atoms with van der Waals surface area (Å²) in [5, 5.41) is 2.95. The highest BCUT2D eigenvalue weighted by Crippen LogP contribution is 2.21. The van der Waals surface area contributed by atoms with E-state index in [2.05, 4.69) is 5.32 Å². The van der Waals surface area contributed by atoms with E-state index in [4.69, 9.17) is 0 Å². The fourth-order valence-corrected chi connectivity index (χ4v) is 3.36. The largest absolute Gasteiger partial charge is 0.356 e. The first-order valence-electron chi connectivity index (χ1n) is 7.94. The van der Waals surface area contributed by atoms with Crippen molar-refractivity contribution in [3.8, 4) is 0 Å². The fraction of sp³-hybridized carbons (Fsp3) is 0.529. The first kappa shape index (κ1) is 16.9. The van der Waals surface area contributed by atoms with Crippen LogP contribution in [-0.2, 0) is 9.59 Å². The van der Waals surface area contributed by atoms with E-state index in [1.165, 1.54) is 0 Å². The minimum Gasteiger partial charge on any atom is -0.356 e. The molecule has 1 saturated heterocycles. The number of thioether (sulfide) groups is 1. The van der Waals surface area contributed by atoms with Crippen LogP contribution >= 0.6 is 11.8 Å². The van der Waals surface area contributed by atoms with Gasteiger partial charge in [0.05, 0.1) is 5.75 Å². The van der Waals surface area contributed by atoms with E-state index >= 15 is 0 Å². The van der Waals surface area contributed by atoms with Gasteiger partial charge >= 0.3 is 0 Å². The average Bonchev–Trinajstić information content (AvgIpc) is 2.58. The molecule has 120 valence electrons. The first-order valence-corrected chi connectivity index (χ1v) is 8.92. The van der Waals surface area contributed by atoms with E-state index in [9.17, 15) is 9.59 Å². The molecule has 1 fully saturated rings. The summed E-state index contributed by atoms with van der Waals surface area (Å²) in [6.45, 7) is 4.18. The molecule has 1 aromatic rings. The smallest absolute Gasteiger partial charge is 0.232 e. The molecular weight excluding hydrogens is 296 g/mol. The van der Waals surface area contributed by atoms with Crippen molar-refractivity contribution in [3.05, 3.63) is 30.3 Å². The number of hydrogen-bond donors (Lipinski definition) is 1. The van der Waals surface area contributed by atoms with Crippen molar-refractivity contribution in [1.82, 2.24) is 10.2 Å². The average molecular weight is 320 g/mol. The maximum atomic E-state index is 12.2. The van der Waals surface area contributed by atoms with Gasteiger partial charge in [-0.15, -0.1) is 11.8 Å². The van der Waals surface area contributed by atoms with Crippen molar-refractivity contribution in [2.24, 2.45) is 5.92 Å². The van der Waals surface area contributed by atoms with E-state index in [1.807, 2.05) is 42.2 Å². The van der Waals surface area contributed by atoms with Crippen LogP contribution in [0.5, 0.6) is 0 Å². The number of benzene rings is 1. The van der Waals surface area contributed by atoms with E-state index in [0.29, 0.717) is 18.8 Å². The zero-order chi connectivity index (χ0) is 15.8. The van der Waals surface area contributed by atoms with Crippen molar-refractivity contribution in [2.45, 2.75) is 31.1 Å². The lowest BCUT2D eigenvalue weighted by Gasteiger charge is -2.31. The van der Waals surface area contributed by atoms with E-state index in [1.54, 1.807) is 11.8 Å². The molecule has 2 rings (SSSR count).